The normalized spacial score (nSPS) is 20.2. The van der Waals surface area contributed by atoms with E-state index in [4.69, 9.17) is 4.74 Å². The lowest BCUT2D eigenvalue weighted by atomic mass is 10.1. The number of urea groups is 1. The highest BCUT2D eigenvalue weighted by atomic mass is 32.2. The standard InChI is InChI=1S/C21H29N3O6S/c1-15-6-4-5-13-24(15)31(28,29)18-11-9-16(10-12-18)20(26)30-14-19(25)23-21(27)22-17-7-2-3-8-17/h9-12,15,17H,2-8,13-14H2,1H3,(H2,22,23,25,27). The van der Waals surface area contributed by atoms with Gasteiger partial charge >= 0.3 is 12.0 Å². The first-order valence-corrected chi connectivity index (χ1v) is 12.1. The van der Waals surface area contributed by atoms with Crippen molar-refractivity contribution in [2.75, 3.05) is 13.2 Å². The monoisotopic (exact) mass is 451 g/mol. The molecule has 1 aliphatic heterocycles. The van der Waals surface area contributed by atoms with Gasteiger partial charge in [-0.05, 0) is 56.9 Å². The molecule has 1 atom stereocenters. The fourth-order valence-electron chi connectivity index (χ4n) is 4.00. The van der Waals surface area contributed by atoms with Gasteiger partial charge < -0.3 is 10.1 Å². The van der Waals surface area contributed by atoms with Crippen LogP contribution in [0.3, 0.4) is 0 Å². The molecule has 1 unspecified atom stereocenters. The highest BCUT2D eigenvalue weighted by Gasteiger charge is 2.31. The Hall–Kier alpha value is -2.46. The number of esters is 1. The third-order valence-electron chi connectivity index (χ3n) is 5.72. The van der Waals surface area contributed by atoms with Gasteiger partial charge in [-0.2, -0.15) is 4.31 Å². The number of amides is 3. The largest absolute Gasteiger partial charge is 0.452 e. The van der Waals surface area contributed by atoms with Gasteiger partial charge in [0.25, 0.3) is 5.91 Å². The van der Waals surface area contributed by atoms with Crippen LogP contribution in [0.2, 0.25) is 0 Å². The molecule has 1 heterocycles. The number of hydrogen-bond acceptors (Lipinski definition) is 6. The molecule has 2 fully saturated rings. The molecule has 9 nitrogen and oxygen atoms in total. The second-order valence-corrected chi connectivity index (χ2v) is 9.95. The molecule has 1 aromatic rings. The predicted molar refractivity (Wildman–Crippen MR) is 113 cm³/mol. The summed E-state index contributed by atoms with van der Waals surface area (Å²) >= 11 is 0. The molecule has 0 bridgehead atoms. The zero-order valence-electron chi connectivity index (χ0n) is 17.6. The Balaban J connectivity index is 1.50. The lowest BCUT2D eigenvalue weighted by Crippen LogP contribution is -2.45. The fourth-order valence-corrected chi connectivity index (χ4v) is 5.70. The molecule has 3 rings (SSSR count). The van der Waals surface area contributed by atoms with E-state index in [9.17, 15) is 22.8 Å². The van der Waals surface area contributed by atoms with Gasteiger partial charge in [0.1, 0.15) is 0 Å². The Morgan fingerprint density at radius 3 is 2.32 bits per heavy atom. The summed E-state index contributed by atoms with van der Waals surface area (Å²) in [6.45, 7) is 1.76. The first kappa shape index (κ1) is 23.2. The van der Waals surface area contributed by atoms with Gasteiger partial charge in [-0.3, -0.25) is 10.1 Å². The maximum atomic E-state index is 12.8. The molecule has 3 amide bonds. The van der Waals surface area contributed by atoms with Crippen LogP contribution in [0.15, 0.2) is 29.2 Å². The number of carbonyl (C=O) groups excluding carboxylic acids is 3. The summed E-state index contributed by atoms with van der Waals surface area (Å²) in [5.41, 5.74) is 0.119. The number of nitrogens with zero attached hydrogens (tertiary/aromatic N) is 1. The average Bonchev–Trinajstić information content (AvgIpc) is 3.25. The molecule has 0 aromatic heterocycles. The molecular weight excluding hydrogens is 422 g/mol. The molecule has 1 aliphatic carbocycles. The minimum atomic E-state index is -3.63. The van der Waals surface area contributed by atoms with Crippen LogP contribution in [0, 0.1) is 0 Å². The van der Waals surface area contributed by atoms with Gasteiger partial charge in [0.15, 0.2) is 6.61 Å². The molecule has 31 heavy (non-hydrogen) atoms. The second kappa shape index (κ2) is 10.2. The van der Waals surface area contributed by atoms with Crippen LogP contribution in [0.1, 0.15) is 62.2 Å². The Kier molecular flexibility index (Phi) is 7.66. The minimum absolute atomic E-state index is 0.0622. The molecule has 170 valence electrons. The average molecular weight is 452 g/mol. The van der Waals surface area contributed by atoms with E-state index in [2.05, 4.69) is 10.6 Å². The highest BCUT2D eigenvalue weighted by molar-refractivity contribution is 7.89. The van der Waals surface area contributed by atoms with E-state index in [0.717, 1.165) is 44.9 Å². The van der Waals surface area contributed by atoms with Gasteiger partial charge in [-0.25, -0.2) is 18.0 Å². The molecular formula is C21H29N3O6S. The third-order valence-corrected chi connectivity index (χ3v) is 7.74. The first-order chi connectivity index (χ1) is 14.8. The quantitative estimate of drug-likeness (QED) is 0.639. The Morgan fingerprint density at radius 1 is 1.03 bits per heavy atom. The Labute approximate surface area is 182 Å². The molecule has 2 aliphatic rings. The van der Waals surface area contributed by atoms with Crippen molar-refractivity contribution in [3.8, 4) is 0 Å². The zero-order chi connectivity index (χ0) is 22.4. The number of rotatable bonds is 6. The van der Waals surface area contributed by atoms with E-state index < -0.39 is 34.5 Å². The number of carbonyl (C=O) groups is 3. The van der Waals surface area contributed by atoms with Crippen LogP contribution >= 0.6 is 0 Å². The van der Waals surface area contributed by atoms with Crippen LogP contribution < -0.4 is 10.6 Å². The fraction of sp³-hybridized carbons (Fsp3) is 0.571. The number of ether oxygens (including phenoxy) is 1. The van der Waals surface area contributed by atoms with Crippen molar-refractivity contribution in [2.45, 2.75) is 68.8 Å². The van der Waals surface area contributed by atoms with Crippen LogP contribution in [0.25, 0.3) is 0 Å². The number of imide groups is 1. The number of sulfonamides is 1. The van der Waals surface area contributed by atoms with Gasteiger partial charge in [-0.15, -0.1) is 0 Å². The van der Waals surface area contributed by atoms with E-state index in [-0.39, 0.29) is 22.5 Å². The van der Waals surface area contributed by atoms with E-state index in [1.54, 1.807) is 0 Å². The molecule has 2 N–H and O–H groups in total. The highest BCUT2D eigenvalue weighted by Crippen LogP contribution is 2.25. The molecule has 0 radical (unpaired) electrons. The van der Waals surface area contributed by atoms with Crippen molar-refractivity contribution in [3.05, 3.63) is 29.8 Å². The van der Waals surface area contributed by atoms with E-state index in [0.29, 0.717) is 6.54 Å². The first-order valence-electron chi connectivity index (χ1n) is 10.7. The zero-order valence-corrected chi connectivity index (χ0v) is 18.4. The summed E-state index contributed by atoms with van der Waals surface area (Å²) in [6.07, 6.45) is 6.53. The van der Waals surface area contributed by atoms with Crippen molar-refractivity contribution < 1.29 is 27.5 Å². The summed E-state index contributed by atoms with van der Waals surface area (Å²) in [5.74, 6) is -1.51. The summed E-state index contributed by atoms with van der Waals surface area (Å²) in [6, 6.07) is 4.84. The predicted octanol–water partition coefficient (Wildman–Crippen LogP) is 2.17. The maximum Gasteiger partial charge on any atom is 0.338 e. The number of nitrogens with one attached hydrogen (secondary N) is 2. The number of hydrogen-bond donors (Lipinski definition) is 2. The topological polar surface area (TPSA) is 122 Å². The lowest BCUT2D eigenvalue weighted by Gasteiger charge is -2.32. The van der Waals surface area contributed by atoms with E-state index >= 15 is 0 Å². The maximum absolute atomic E-state index is 12.8. The second-order valence-electron chi connectivity index (χ2n) is 8.06. The van der Waals surface area contributed by atoms with Crippen molar-refractivity contribution >= 4 is 27.9 Å². The van der Waals surface area contributed by atoms with E-state index in [1.807, 2.05) is 6.92 Å². The van der Waals surface area contributed by atoms with Crippen LogP contribution in [-0.2, 0) is 19.6 Å². The Morgan fingerprint density at radius 2 is 1.68 bits per heavy atom. The van der Waals surface area contributed by atoms with Gasteiger partial charge in [0.05, 0.1) is 10.5 Å². The summed E-state index contributed by atoms with van der Waals surface area (Å²) in [4.78, 5) is 35.9. The molecule has 10 heteroatoms. The summed E-state index contributed by atoms with van der Waals surface area (Å²) in [7, 11) is -3.63. The van der Waals surface area contributed by atoms with Crippen LogP contribution in [0.5, 0.6) is 0 Å². The van der Waals surface area contributed by atoms with Crippen LogP contribution in [-0.4, -0.2) is 55.9 Å². The van der Waals surface area contributed by atoms with Crippen molar-refractivity contribution in [1.29, 1.82) is 0 Å². The molecule has 1 saturated carbocycles. The number of piperidine rings is 1. The van der Waals surface area contributed by atoms with Gasteiger partial charge in [0.2, 0.25) is 10.0 Å². The minimum Gasteiger partial charge on any atom is -0.452 e. The van der Waals surface area contributed by atoms with Crippen LogP contribution in [0.4, 0.5) is 4.79 Å². The van der Waals surface area contributed by atoms with Gasteiger partial charge in [-0.1, -0.05) is 19.3 Å². The summed E-state index contributed by atoms with van der Waals surface area (Å²) in [5, 5.41) is 4.84. The summed E-state index contributed by atoms with van der Waals surface area (Å²) < 4.78 is 32.1. The molecule has 1 aromatic carbocycles. The van der Waals surface area contributed by atoms with Crippen molar-refractivity contribution in [3.63, 3.8) is 0 Å². The van der Waals surface area contributed by atoms with Crippen molar-refractivity contribution in [2.24, 2.45) is 0 Å². The third kappa shape index (κ3) is 6.04. The SMILES string of the molecule is CC1CCCCN1S(=O)(=O)c1ccc(C(=O)OCC(=O)NC(=O)NC2CCCC2)cc1. The van der Waals surface area contributed by atoms with E-state index in [1.165, 1.54) is 28.6 Å². The smallest absolute Gasteiger partial charge is 0.338 e. The number of benzene rings is 1. The molecule has 0 spiro atoms. The Bertz CT molecular complexity index is 910. The van der Waals surface area contributed by atoms with Gasteiger partial charge in [0, 0.05) is 18.6 Å². The lowest BCUT2D eigenvalue weighted by molar-refractivity contribution is -0.123. The van der Waals surface area contributed by atoms with Crippen molar-refractivity contribution in [1.82, 2.24) is 14.9 Å². The molecule has 1 saturated heterocycles.